The number of likely N-dealkylation sites (N-methyl/N-ethyl adjacent to an activating group) is 1. The van der Waals surface area contributed by atoms with Gasteiger partial charge < -0.3 is 5.73 Å². The molecule has 31 heavy (non-hydrogen) atoms. The van der Waals surface area contributed by atoms with E-state index in [1.165, 1.54) is 17.7 Å². The lowest BCUT2D eigenvalue weighted by atomic mass is 10.1. The average Bonchev–Trinajstić information content (AvgIpc) is 2.76. The fourth-order valence-corrected chi connectivity index (χ4v) is 3.46. The van der Waals surface area contributed by atoms with Crippen LogP contribution in [0.5, 0.6) is 0 Å². The predicted molar refractivity (Wildman–Crippen MR) is 118 cm³/mol. The van der Waals surface area contributed by atoms with Crippen molar-refractivity contribution in [1.82, 2.24) is 14.0 Å². The summed E-state index contributed by atoms with van der Waals surface area (Å²) < 4.78 is 16.2. The number of anilines is 1. The molecule has 0 aliphatic carbocycles. The zero-order valence-electron chi connectivity index (χ0n) is 17.7. The van der Waals surface area contributed by atoms with Crippen LogP contribution in [0.3, 0.4) is 0 Å². The van der Waals surface area contributed by atoms with Crippen molar-refractivity contribution in [2.24, 2.45) is 7.05 Å². The van der Waals surface area contributed by atoms with Crippen molar-refractivity contribution in [2.45, 2.75) is 19.5 Å². The zero-order valence-corrected chi connectivity index (χ0v) is 17.7. The molecule has 0 saturated heterocycles. The molecular formula is C23H25FN4O3. The Hall–Kier alpha value is -3.52. The van der Waals surface area contributed by atoms with Crippen LogP contribution in [0.2, 0.25) is 0 Å². The lowest BCUT2D eigenvalue weighted by Gasteiger charge is -2.25. The molecule has 0 aliphatic heterocycles. The summed E-state index contributed by atoms with van der Waals surface area (Å²) in [6.07, 6.45) is 0. The first-order valence-electron chi connectivity index (χ1n) is 9.83. The van der Waals surface area contributed by atoms with Gasteiger partial charge >= 0.3 is 5.69 Å². The van der Waals surface area contributed by atoms with Crippen LogP contribution in [0.25, 0.3) is 0 Å². The standard InChI is InChI=1S/C23H25FN4O3/c1-15(17-11-7-8-12-18(17)24)26(2)14-19(29)20-21(25)28(23(31)27(3)22(20)30)13-16-9-5-4-6-10-16/h4-12,15H,13-14,25H2,1-3H3. The van der Waals surface area contributed by atoms with Crippen LogP contribution in [0.4, 0.5) is 10.2 Å². The van der Waals surface area contributed by atoms with Gasteiger partial charge in [-0.3, -0.25) is 23.6 Å². The number of rotatable bonds is 7. The average molecular weight is 424 g/mol. The van der Waals surface area contributed by atoms with Crippen LogP contribution in [-0.2, 0) is 13.6 Å². The van der Waals surface area contributed by atoms with Crippen molar-refractivity contribution < 1.29 is 9.18 Å². The highest BCUT2D eigenvalue weighted by Crippen LogP contribution is 2.22. The van der Waals surface area contributed by atoms with Crippen molar-refractivity contribution in [3.05, 3.63) is 97.9 Å². The molecule has 0 radical (unpaired) electrons. The Morgan fingerprint density at radius 3 is 2.35 bits per heavy atom. The number of carbonyl (C=O) groups is 1. The highest BCUT2D eigenvalue weighted by molar-refractivity contribution is 6.01. The highest BCUT2D eigenvalue weighted by atomic mass is 19.1. The summed E-state index contributed by atoms with van der Waals surface area (Å²) in [5, 5.41) is 0. The number of hydrogen-bond acceptors (Lipinski definition) is 5. The van der Waals surface area contributed by atoms with Crippen LogP contribution >= 0.6 is 0 Å². The summed E-state index contributed by atoms with van der Waals surface area (Å²) >= 11 is 0. The smallest absolute Gasteiger partial charge is 0.332 e. The molecule has 2 N–H and O–H groups in total. The topological polar surface area (TPSA) is 90.3 Å². The molecule has 3 rings (SSSR count). The number of halogens is 1. The Kier molecular flexibility index (Phi) is 6.50. The highest BCUT2D eigenvalue weighted by Gasteiger charge is 2.25. The fourth-order valence-electron chi connectivity index (χ4n) is 3.46. The second kappa shape index (κ2) is 9.09. The van der Waals surface area contributed by atoms with Crippen molar-refractivity contribution in [1.29, 1.82) is 0 Å². The normalized spacial score (nSPS) is 12.2. The summed E-state index contributed by atoms with van der Waals surface area (Å²) in [6, 6.07) is 15.0. The number of hydrogen-bond donors (Lipinski definition) is 1. The van der Waals surface area contributed by atoms with Crippen molar-refractivity contribution in [3.8, 4) is 0 Å². The van der Waals surface area contributed by atoms with E-state index in [4.69, 9.17) is 5.73 Å². The molecule has 0 amide bonds. The van der Waals surface area contributed by atoms with Crippen molar-refractivity contribution in [3.63, 3.8) is 0 Å². The van der Waals surface area contributed by atoms with E-state index in [0.717, 1.165) is 10.1 Å². The van der Waals surface area contributed by atoms with Gasteiger partial charge in [-0.2, -0.15) is 0 Å². The van der Waals surface area contributed by atoms with Crippen molar-refractivity contribution >= 4 is 11.6 Å². The largest absolute Gasteiger partial charge is 0.384 e. The number of nitrogens with two attached hydrogens (primary N) is 1. The number of nitrogens with zero attached hydrogens (tertiary/aromatic N) is 3. The molecule has 1 atom stereocenters. The van der Waals surface area contributed by atoms with E-state index in [2.05, 4.69) is 0 Å². The first kappa shape index (κ1) is 22.2. The number of aromatic nitrogens is 2. The Bertz CT molecular complexity index is 1220. The summed E-state index contributed by atoms with van der Waals surface area (Å²) in [7, 11) is 2.98. The lowest BCUT2D eigenvalue weighted by Crippen LogP contribution is -2.44. The molecule has 162 valence electrons. The van der Waals surface area contributed by atoms with Gasteiger partial charge in [0.2, 0.25) is 0 Å². The Morgan fingerprint density at radius 1 is 1.10 bits per heavy atom. The molecule has 1 heterocycles. The van der Waals surface area contributed by atoms with E-state index in [-0.39, 0.29) is 30.3 Å². The molecule has 0 fully saturated rings. The Labute approximate surface area is 179 Å². The number of nitrogen functional groups attached to an aromatic ring is 1. The Morgan fingerprint density at radius 2 is 1.71 bits per heavy atom. The van der Waals surface area contributed by atoms with E-state index in [0.29, 0.717) is 5.56 Å². The number of ketones is 1. The molecule has 7 nitrogen and oxygen atoms in total. The molecule has 2 aromatic carbocycles. The third-order valence-electron chi connectivity index (χ3n) is 5.46. The molecule has 0 spiro atoms. The minimum Gasteiger partial charge on any atom is -0.384 e. The molecule has 0 saturated carbocycles. The van der Waals surface area contributed by atoms with Crippen LogP contribution in [-0.4, -0.2) is 33.4 Å². The maximum Gasteiger partial charge on any atom is 0.332 e. The molecule has 3 aromatic rings. The van der Waals surface area contributed by atoms with Crippen LogP contribution in [0.1, 0.15) is 34.5 Å². The number of Topliss-reactive ketones (excluding diaryl/α,β-unsaturated/α-hetero) is 1. The van der Waals surface area contributed by atoms with Gasteiger partial charge in [0.15, 0.2) is 5.78 Å². The molecule has 8 heteroatoms. The van der Waals surface area contributed by atoms with Crippen LogP contribution in [0, 0.1) is 5.82 Å². The first-order chi connectivity index (χ1) is 14.7. The summed E-state index contributed by atoms with van der Waals surface area (Å²) in [5.41, 5.74) is 5.79. The maximum absolute atomic E-state index is 14.1. The molecule has 0 aliphatic rings. The molecular weight excluding hydrogens is 399 g/mol. The fraction of sp³-hybridized carbons (Fsp3) is 0.261. The second-order valence-corrected chi connectivity index (χ2v) is 7.51. The van der Waals surface area contributed by atoms with E-state index in [1.54, 1.807) is 37.1 Å². The third kappa shape index (κ3) is 4.49. The minimum atomic E-state index is -0.747. The van der Waals surface area contributed by atoms with Gasteiger partial charge in [0.1, 0.15) is 17.2 Å². The number of carbonyl (C=O) groups excluding carboxylic acids is 1. The quantitative estimate of drug-likeness (QED) is 0.587. The summed E-state index contributed by atoms with van der Waals surface area (Å²) in [5.74, 6) is -1.08. The van der Waals surface area contributed by atoms with Gasteiger partial charge in [-0.25, -0.2) is 9.18 Å². The zero-order chi connectivity index (χ0) is 22.7. The summed E-state index contributed by atoms with van der Waals surface area (Å²) in [4.78, 5) is 40.0. The maximum atomic E-state index is 14.1. The van der Waals surface area contributed by atoms with Gasteiger partial charge in [0.25, 0.3) is 5.56 Å². The van der Waals surface area contributed by atoms with E-state index in [1.807, 2.05) is 30.3 Å². The van der Waals surface area contributed by atoms with Gasteiger partial charge in [0.05, 0.1) is 13.1 Å². The lowest BCUT2D eigenvalue weighted by molar-refractivity contribution is 0.0921. The second-order valence-electron chi connectivity index (χ2n) is 7.51. The van der Waals surface area contributed by atoms with E-state index in [9.17, 15) is 18.8 Å². The first-order valence-corrected chi connectivity index (χ1v) is 9.83. The third-order valence-corrected chi connectivity index (χ3v) is 5.46. The SMILES string of the molecule is CC(c1ccccc1F)N(C)CC(=O)c1c(N)n(Cc2ccccc2)c(=O)n(C)c1=O. The summed E-state index contributed by atoms with van der Waals surface area (Å²) in [6.45, 7) is 1.73. The monoisotopic (exact) mass is 424 g/mol. The Balaban J connectivity index is 1.94. The van der Waals surface area contributed by atoms with Crippen molar-refractivity contribution in [2.75, 3.05) is 19.3 Å². The number of benzene rings is 2. The van der Waals surface area contributed by atoms with E-state index >= 15 is 0 Å². The van der Waals surface area contributed by atoms with Gasteiger partial charge in [0, 0.05) is 18.7 Å². The molecule has 1 aromatic heterocycles. The van der Waals surface area contributed by atoms with Gasteiger partial charge in [-0.15, -0.1) is 0 Å². The minimum absolute atomic E-state index is 0.126. The molecule has 1 unspecified atom stereocenters. The van der Waals surface area contributed by atoms with Crippen LogP contribution in [0.15, 0.2) is 64.2 Å². The van der Waals surface area contributed by atoms with Crippen LogP contribution < -0.4 is 17.0 Å². The molecule has 0 bridgehead atoms. The van der Waals surface area contributed by atoms with E-state index < -0.39 is 23.1 Å². The van der Waals surface area contributed by atoms with Gasteiger partial charge in [-0.05, 0) is 25.6 Å². The predicted octanol–water partition coefficient (Wildman–Crippen LogP) is 2.19. The van der Waals surface area contributed by atoms with Gasteiger partial charge in [-0.1, -0.05) is 48.5 Å².